The van der Waals surface area contributed by atoms with Gasteiger partial charge in [0, 0.05) is 25.0 Å². The minimum Gasteiger partial charge on any atom is -0.480 e. The van der Waals surface area contributed by atoms with Crippen LogP contribution < -0.4 is 16.0 Å². The number of carbonyl (C=O) groups excluding carboxylic acids is 3. The Kier molecular flexibility index (Phi) is 7.61. The van der Waals surface area contributed by atoms with Gasteiger partial charge in [-0.05, 0) is 28.7 Å². The largest absolute Gasteiger partial charge is 0.480 e. The molecule has 0 saturated carbocycles. The van der Waals surface area contributed by atoms with Gasteiger partial charge in [0.2, 0.25) is 11.8 Å². The molecule has 35 heavy (non-hydrogen) atoms. The number of alkyl carbamates (subject to hydrolysis) is 1. The molecule has 1 aliphatic carbocycles. The van der Waals surface area contributed by atoms with Gasteiger partial charge < -0.3 is 30.5 Å². The van der Waals surface area contributed by atoms with Crippen LogP contribution in [0.5, 0.6) is 0 Å². The second kappa shape index (κ2) is 11.0. The van der Waals surface area contributed by atoms with Crippen molar-refractivity contribution in [1.82, 2.24) is 16.0 Å². The number of carboxylic acids is 1. The number of hydrogen-bond donors (Lipinski definition) is 4. The summed E-state index contributed by atoms with van der Waals surface area (Å²) in [7, 11) is 0. The Morgan fingerprint density at radius 3 is 2.23 bits per heavy atom. The molecule has 1 aliphatic heterocycles. The van der Waals surface area contributed by atoms with Crippen molar-refractivity contribution in [2.75, 3.05) is 32.8 Å². The first-order valence-corrected chi connectivity index (χ1v) is 11.4. The number of ether oxygens (including phenoxy) is 2. The third-order valence-corrected chi connectivity index (χ3v) is 6.18. The van der Waals surface area contributed by atoms with E-state index in [1.54, 1.807) is 0 Å². The quantitative estimate of drug-likeness (QED) is 0.422. The van der Waals surface area contributed by atoms with Crippen molar-refractivity contribution in [3.63, 3.8) is 0 Å². The van der Waals surface area contributed by atoms with Crippen LogP contribution >= 0.6 is 0 Å². The number of fused-ring (bicyclic) bond motifs is 3. The zero-order valence-electron chi connectivity index (χ0n) is 19.0. The summed E-state index contributed by atoms with van der Waals surface area (Å²) < 4.78 is 11.0. The molecule has 4 N–H and O–H groups in total. The number of rotatable bonds is 9. The van der Waals surface area contributed by atoms with E-state index in [4.69, 9.17) is 14.6 Å². The molecule has 0 spiro atoms. The molecular formula is C25H27N3O7. The minimum atomic E-state index is -1.18. The van der Waals surface area contributed by atoms with Crippen LogP contribution in [0.15, 0.2) is 48.5 Å². The van der Waals surface area contributed by atoms with Crippen molar-refractivity contribution >= 4 is 23.9 Å². The van der Waals surface area contributed by atoms with Crippen molar-refractivity contribution in [2.24, 2.45) is 5.92 Å². The van der Waals surface area contributed by atoms with E-state index >= 15 is 0 Å². The molecule has 2 aliphatic rings. The van der Waals surface area contributed by atoms with Gasteiger partial charge in [0.25, 0.3) is 0 Å². The molecule has 0 radical (unpaired) electrons. The third-order valence-electron chi connectivity index (χ3n) is 6.18. The fourth-order valence-corrected chi connectivity index (χ4v) is 4.50. The zero-order chi connectivity index (χ0) is 24.8. The monoisotopic (exact) mass is 481 g/mol. The third kappa shape index (κ3) is 5.78. The van der Waals surface area contributed by atoms with E-state index in [1.165, 1.54) is 0 Å². The lowest BCUT2D eigenvalue weighted by atomic mass is 9.98. The van der Waals surface area contributed by atoms with Crippen LogP contribution in [0.3, 0.4) is 0 Å². The molecule has 0 aromatic heterocycles. The lowest BCUT2D eigenvalue weighted by Gasteiger charge is -2.19. The number of aliphatic carboxylic acids is 1. The average molecular weight is 482 g/mol. The first-order chi connectivity index (χ1) is 16.9. The summed E-state index contributed by atoms with van der Waals surface area (Å²) in [5.74, 6) is -2.62. The molecule has 4 rings (SSSR count). The van der Waals surface area contributed by atoms with Crippen LogP contribution in [0.1, 0.15) is 23.5 Å². The summed E-state index contributed by atoms with van der Waals surface area (Å²) >= 11 is 0. The number of amides is 3. The molecule has 184 valence electrons. The van der Waals surface area contributed by atoms with E-state index in [2.05, 4.69) is 28.1 Å². The molecule has 2 atom stereocenters. The van der Waals surface area contributed by atoms with E-state index in [9.17, 15) is 19.2 Å². The molecule has 3 amide bonds. The highest BCUT2D eigenvalue weighted by Gasteiger charge is 2.35. The molecule has 0 bridgehead atoms. The van der Waals surface area contributed by atoms with E-state index < -0.39 is 36.5 Å². The molecule has 2 aromatic carbocycles. The Morgan fingerprint density at radius 1 is 0.914 bits per heavy atom. The van der Waals surface area contributed by atoms with Gasteiger partial charge in [-0.15, -0.1) is 0 Å². The van der Waals surface area contributed by atoms with Crippen LogP contribution in [0.25, 0.3) is 11.1 Å². The van der Waals surface area contributed by atoms with Gasteiger partial charge in [-0.3, -0.25) is 14.4 Å². The second-order valence-corrected chi connectivity index (χ2v) is 8.43. The maximum atomic E-state index is 12.4. The highest BCUT2D eigenvalue weighted by Crippen LogP contribution is 2.44. The molecule has 10 heteroatoms. The van der Waals surface area contributed by atoms with Crippen molar-refractivity contribution in [1.29, 1.82) is 0 Å². The fourth-order valence-electron chi connectivity index (χ4n) is 4.50. The average Bonchev–Trinajstić information content (AvgIpc) is 3.46. The number of hydrogen-bond acceptors (Lipinski definition) is 6. The Morgan fingerprint density at radius 2 is 1.57 bits per heavy atom. The molecule has 1 heterocycles. The van der Waals surface area contributed by atoms with Crippen LogP contribution in [0, 0.1) is 5.92 Å². The molecule has 2 aromatic rings. The minimum absolute atomic E-state index is 0.0474. The van der Waals surface area contributed by atoms with Crippen molar-refractivity contribution in [2.45, 2.75) is 18.4 Å². The predicted octanol–water partition coefficient (Wildman–Crippen LogP) is 1.25. The summed E-state index contributed by atoms with van der Waals surface area (Å²) in [6.45, 7) is -0.170. The smallest absolute Gasteiger partial charge is 0.407 e. The molecule has 1 saturated heterocycles. The topological polar surface area (TPSA) is 143 Å². The standard InChI is InChI=1S/C25H27N3O7/c29-21(26-13-22(30)31)12-27-24(32)23-15(9-10-34-23)11-28-25(33)35-14-20-18-7-3-1-5-16(18)17-6-2-4-8-19(17)20/h1-8,15,20,23H,9-14H2,(H,26,29)(H,27,32)(H,28,33)(H,30,31). The number of carboxylic acid groups (broad SMARTS) is 1. The van der Waals surface area contributed by atoms with Crippen molar-refractivity contribution < 1.29 is 33.8 Å². The summed E-state index contributed by atoms with van der Waals surface area (Å²) in [6.07, 6.45) is -0.838. The summed E-state index contributed by atoms with van der Waals surface area (Å²) in [5.41, 5.74) is 4.53. The lowest BCUT2D eigenvalue weighted by Crippen LogP contribution is -2.46. The Bertz CT molecular complexity index is 1070. The predicted molar refractivity (Wildman–Crippen MR) is 125 cm³/mol. The SMILES string of the molecule is O=C(O)CNC(=O)CNC(=O)C1OCCC1CNC(=O)OCC1c2ccccc2-c2ccccc21. The van der Waals surface area contributed by atoms with Gasteiger partial charge in [0.05, 0.1) is 6.54 Å². The van der Waals surface area contributed by atoms with Gasteiger partial charge in [0.1, 0.15) is 19.3 Å². The number of nitrogens with one attached hydrogen (secondary N) is 3. The summed E-state index contributed by atoms with van der Waals surface area (Å²) in [4.78, 5) is 46.9. The van der Waals surface area contributed by atoms with E-state index in [-0.39, 0.29) is 31.5 Å². The van der Waals surface area contributed by atoms with Crippen molar-refractivity contribution in [3.05, 3.63) is 59.7 Å². The summed E-state index contributed by atoms with van der Waals surface area (Å²) in [6, 6.07) is 16.1. The van der Waals surface area contributed by atoms with Crippen LogP contribution in [-0.4, -0.2) is 67.9 Å². The van der Waals surface area contributed by atoms with Gasteiger partial charge >= 0.3 is 12.1 Å². The Labute approximate surface area is 202 Å². The second-order valence-electron chi connectivity index (χ2n) is 8.43. The van der Waals surface area contributed by atoms with Crippen molar-refractivity contribution in [3.8, 4) is 11.1 Å². The van der Waals surface area contributed by atoms with Crippen LogP contribution in [0.4, 0.5) is 4.79 Å². The molecule has 2 unspecified atom stereocenters. The van der Waals surface area contributed by atoms with Gasteiger partial charge in [-0.25, -0.2) is 4.79 Å². The summed E-state index contributed by atoms with van der Waals surface area (Å²) in [5, 5.41) is 15.9. The highest BCUT2D eigenvalue weighted by molar-refractivity contribution is 5.88. The fraction of sp³-hybridized carbons (Fsp3) is 0.360. The Balaban J connectivity index is 1.25. The number of benzene rings is 2. The maximum absolute atomic E-state index is 12.4. The molecule has 1 fully saturated rings. The first kappa shape index (κ1) is 24.2. The van der Waals surface area contributed by atoms with Crippen LogP contribution in [-0.2, 0) is 23.9 Å². The van der Waals surface area contributed by atoms with E-state index in [1.807, 2.05) is 36.4 Å². The number of carbonyl (C=O) groups is 4. The molecular weight excluding hydrogens is 454 g/mol. The van der Waals surface area contributed by atoms with E-state index in [0.29, 0.717) is 13.0 Å². The van der Waals surface area contributed by atoms with Gasteiger partial charge in [-0.1, -0.05) is 48.5 Å². The Hall–Kier alpha value is -3.92. The zero-order valence-corrected chi connectivity index (χ0v) is 19.0. The normalized spacial score (nSPS) is 18.3. The van der Waals surface area contributed by atoms with E-state index in [0.717, 1.165) is 22.3 Å². The van der Waals surface area contributed by atoms with Gasteiger partial charge in [0.15, 0.2) is 0 Å². The lowest BCUT2D eigenvalue weighted by molar-refractivity contribution is -0.138. The van der Waals surface area contributed by atoms with Gasteiger partial charge in [-0.2, -0.15) is 0 Å². The van der Waals surface area contributed by atoms with Crippen LogP contribution in [0.2, 0.25) is 0 Å². The first-order valence-electron chi connectivity index (χ1n) is 11.4. The maximum Gasteiger partial charge on any atom is 0.407 e. The highest BCUT2D eigenvalue weighted by atomic mass is 16.5. The molecule has 10 nitrogen and oxygen atoms in total.